The predicted molar refractivity (Wildman–Crippen MR) is 71.7 cm³/mol. The molecule has 0 aliphatic heterocycles. The zero-order chi connectivity index (χ0) is 12.3. The normalized spacial score (nSPS) is 11.3. The van der Waals surface area contributed by atoms with Gasteiger partial charge in [0.1, 0.15) is 5.75 Å². The maximum absolute atomic E-state index is 5.26. The van der Waals surface area contributed by atoms with E-state index in [1.54, 1.807) is 7.11 Å². The van der Waals surface area contributed by atoms with E-state index in [4.69, 9.17) is 4.74 Å². The van der Waals surface area contributed by atoms with Gasteiger partial charge in [-0.1, -0.05) is 13.8 Å². The lowest BCUT2D eigenvalue weighted by Crippen LogP contribution is -2.24. The van der Waals surface area contributed by atoms with Gasteiger partial charge in [-0.2, -0.15) is 0 Å². The van der Waals surface area contributed by atoms with Crippen LogP contribution in [0.1, 0.15) is 19.4 Å². The zero-order valence-electron chi connectivity index (χ0n) is 10.7. The van der Waals surface area contributed by atoms with Gasteiger partial charge in [0.25, 0.3) is 0 Å². The molecule has 0 spiro atoms. The van der Waals surface area contributed by atoms with Crippen molar-refractivity contribution >= 4 is 10.9 Å². The van der Waals surface area contributed by atoms with Gasteiger partial charge in [-0.15, -0.1) is 0 Å². The molecule has 2 N–H and O–H groups in total. The Hall–Kier alpha value is -1.48. The number of benzene rings is 1. The first-order chi connectivity index (χ1) is 8.20. The van der Waals surface area contributed by atoms with Crippen molar-refractivity contribution in [2.24, 2.45) is 0 Å². The first kappa shape index (κ1) is 12.0. The van der Waals surface area contributed by atoms with E-state index in [0.29, 0.717) is 6.04 Å². The fourth-order valence-electron chi connectivity index (χ4n) is 1.99. The van der Waals surface area contributed by atoms with Crippen molar-refractivity contribution in [2.45, 2.75) is 26.3 Å². The first-order valence-electron chi connectivity index (χ1n) is 6.08. The van der Waals surface area contributed by atoms with E-state index in [1.165, 1.54) is 16.5 Å². The molecule has 0 aliphatic rings. The summed E-state index contributed by atoms with van der Waals surface area (Å²) in [4.78, 5) is 3.29. The maximum atomic E-state index is 5.26. The number of methoxy groups -OCH3 is 1. The Kier molecular flexibility index (Phi) is 3.69. The first-order valence-corrected chi connectivity index (χ1v) is 6.08. The number of fused-ring (bicyclic) bond motifs is 1. The minimum absolute atomic E-state index is 0.537. The highest BCUT2D eigenvalue weighted by molar-refractivity contribution is 5.84. The van der Waals surface area contributed by atoms with Crippen LogP contribution >= 0.6 is 0 Å². The lowest BCUT2D eigenvalue weighted by Gasteiger charge is -2.07. The van der Waals surface area contributed by atoms with Crippen LogP contribution < -0.4 is 10.1 Å². The van der Waals surface area contributed by atoms with Gasteiger partial charge >= 0.3 is 0 Å². The standard InChI is InChI=1S/C14H20N2O/c1-10(2)15-7-6-11-9-16-14-5-4-12(17-3)8-13(11)14/h4-5,8-10,15-16H,6-7H2,1-3H3. The monoisotopic (exact) mass is 232 g/mol. The third-order valence-corrected chi connectivity index (χ3v) is 2.92. The quantitative estimate of drug-likeness (QED) is 0.831. The molecule has 0 atom stereocenters. The summed E-state index contributed by atoms with van der Waals surface area (Å²) in [6.07, 6.45) is 3.12. The van der Waals surface area contributed by atoms with E-state index < -0.39 is 0 Å². The molecule has 0 amide bonds. The summed E-state index contributed by atoms with van der Waals surface area (Å²) in [5.41, 5.74) is 2.51. The molecule has 92 valence electrons. The molecular formula is C14H20N2O. The maximum Gasteiger partial charge on any atom is 0.119 e. The minimum atomic E-state index is 0.537. The zero-order valence-corrected chi connectivity index (χ0v) is 10.7. The largest absolute Gasteiger partial charge is 0.497 e. The third kappa shape index (κ3) is 2.80. The Morgan fingerprint density at radius 2 is 2.18 bits per heavy atom. The molecule has 0 saturated heterocycles. The summed E-state index contributed by atoms with van der Waals surface area (Å²) >= 11 is 0. The third-order valence-electron chi connectivity index (χ3n) is 2.92. The van der Waals surface area contributed by atoms with Crippen LogP contribution in [0.3, 0.4) is 0 Å². The highest BCUT2D eigenvalue weighted by atomic mass is 16.5. The number of H-pyrrole nitrogens is 1. The van der Waals surface area contributed by atoms with Crippen molar-refractivity contribution < 1.29 is 4.74 Å². The molecule has 0 bridgehead atoms. The Labute approximate surface area is 102 Å². The fraction of sp³-hybridized carbons (Fsp3) is 0.429. The van der Waals surface area contributed by atoms with Crippen LogP contribution in [0.4, 0.5) is 0 Å². The lowest BCUT2D eigenvalue weighted by molar-refractivity contribution is 0.415. The number of nitrogens with one attached hydrogen (secondary N) is 2. The minimum Gasteiger partial charge on any atom is -0.497 e. The number of aromatic nitrogens is 1. The SMILES string of the molecule is COc1ccc2[nH]cc(CCNC(C)C)c2c1. The Morgan fingerprint density at radius 3 is 2.88 bits per heavy atom. The summed E-state index contributed by atoms with van der Waals surface area (Å²) < 4.78 is 5.26. The second kappa shape index (κ2) is 5.23. The second-order valence-corrected chi connectivity index (χ2v) is 4.58. The van der Waals surface area contributed by atoms with Crippen LogP contribution in [-0.2, 0) is 6.42 Å². The van der Waals surface area contributed by atoms with Crippen LogP contribution in [0.25, 0.3) is 10.9 Å². The van der Waals surface area contributed by atoms with Crippen LogP contribution in [0.2, 0.25) is 0 Å². The highest BCUT2D eigenvalue weighted by Gasteiger charge is 2.05. The molecule has 1 aromatic carbocycles. The molecule has 1 aromatic heterocycles. The number of rotatable bonds is 5. The van der Waals surface area contributed by atoms with E-state index in [9.17, 15) is 0 Å². The number of ether oxygens (including phenoxy) is 1. The molecule has 0 unspecified atom stereocenters. The molecule has 2 aromatic rings. The van der Waals surface area contributed by atoms with E-state index in [0.717, 1.165) is 18.7 Å². The molecule has 0 aliphatic carbocycles. The lowest BCUT2D eigenvalue weighted by atomic mass is 10.1. The summed E-state index contributed by atoms with van der Waals surface area (Å²) in [5, 5.41) is 4.69. The van der Waals surface area contributed by atoms with Crippen LogP contribution in [0.5, 0.6) is 5.75 Å². The number of aromatic amines is 1. The number of hydrogen-bond acceptors (Lipinski definition) is 2. The van der Waals surface area contributed by atoms with Crippen LogP contribution in [0.15, 0.2) is 24.4 Å². The molecule has 0 fully saturated rings. The van der Waals surface area contributed by atoms with Gasteiger partial charge in [-0.3, -0.25) is 0 Å². The Morgan fingerprint density at radius 1 is 1.35 bits per heavy atom. The van der Waals surface area contributed by atoms with Crippen molar-refractivity contribution in [1.82, 2.24) is 10.3 Å². The number of hydrogen-bond donors (Lipinski definition) is 2. The van der Waals surface area contributed by atoms with Gasteiger partial charge in [0.15, 0.2) is 0 Å². The van der Waals surface area contributed by atoms with Crippen molar-refractivity contribution in [3.8, 4) is 5.75 Å². The van der Waals surface area contributed by atoms with Crippen molar-refractivity contribution in [1.29, 1.82) is 0 Å². The fourth-order valence-corrected chi connectivity index (χ4v) is 1.99. The van der Waals surface area contributed by atoms with Gasteiger partial charge in [-0.05, 0) is 36.7 Å². The molecule has 3 nitrogen and oxygen atoms in total. The summed E-state index contributed by atoms with van der Waals surface area (Å²) in [5.74, 6) is 0.912. The second-order valence-electron chi connectivity index (χ2n) is 4.58. The Bertz CT molecular complexity index is 488. The smallest absolute Gasteiger partial charge is 0.119 e. The van der Waals surface area contributed by atoms with Gasteiger partial charge in [0.2, 0.25) is 0 Å². The predicted octanol–water partition coefficient (Wildman–Crippen LogP) is 2.72. The van der Waals surface area contributed by atoms with Gasteiger partial charge in [-0.25, -0.2) is 0 Å². The van der Waals surface area contributed by atoms with Crippen molar-refractivity contribution in [3.05, 3.63) is 30.0 Å². The average Bonchev–Trinajstić information content (AvgIpc) is 2.71. The van der Waals surface area contributed by atoms with E-state index >= 15 is 0 Å². The Balaban J connectivity index is 2.16. The molecule has 0 saturated carbocycles. The van der Waals surface area contributed by atoms with Gasteiger partial charge in [0, 0.05) is 23.1 Å². The molecular weight excluding hydrogens is 212 g/mol. The van der Waals surface area contributed by atoms with Gasteiger partial charge < -0.3 is 15.0 Å². The molecule has 0 radical (unpaired) electrons. The van der Waals surface area contributed by atoms with Crippen LogP contribution in [-0.4, -0.2) is 24.7 Å². The van der Waals surface area contributed by atoms with E-state index in [2.05, 4.69) is 42.5 Å². The molecule has 17 heavy (non-hydrogen) atoms. The molecule has 1 heterocycles. The van der Waals surface area contributed by atoms with E-state index in [1.807, 2.05) is 6.07 Å². The topological polar surface area (TPSA) is 37.0 Å². The van der Waals surface area contributed by atoms with E-state index in [-0.39, 0.29) is 0 Å². The van der Waals surface area contributed by atoms with Gasteiger partial charge in [0.05, 0.1) is 7.11 Å². The summed E-state index contributed by atoms with van der Waals surface area (Å²) in [6.45, 7) is 5.33. The summed E-state index contributed by atoms with van der Waals surface area (Å²) in [6, 6.07) is 6.67. The van der Waals surface area contributed by atoms with Crippen molar-refractivity contribution in [2.75, 3.05) is 13.7 Å². The summed E-state index contributed by atoms with van der Waals surface area (Å²) in [7, 11) is 1.70. The average molecular weight is 232 g/mol. The van der Waals surface area contributed by atoms with Crippen molar-refractivity contribution in [3.63, 3.8) is 0 Å². The molecule has 2 rings (SSSR count). The molecule has 3 heteroatoms. The highest BCUT2D eigenvalue weighted by Crippen LogP contribution is 2.23. The van der Waals surface area contributed by atoms with Crippen LogP contribution in [0, 0.1) is 0 Å².